The van der Waals surface area contributed by atoms with Crippen molar-refractivity contribution in [1.82, 2.24) is 4.90 Å². The van der Waals surface area contributed by atoms with Gasteiger partial charge in [0.25, 0.3) is 0 Å². The third-order valence-corrected chi connectivity index (χ3v) is 5.38. The number of ether oxygens (including phenoxy) is 2. The Bertz CT molecular complexity index is 528. The first-order valence-corrected chi connectivity index (χ1v) is 9.80. The SMILES string of the molecule is O=C(CCCCc1ccc(Br)cc1)N1CCCCC1C1OCCO1. The van der Waals surface area contributed by atoms with Crippen molar-refractivity contribution in [3.8, 4) is 0 Å². The number of likely N-dealkylation sites (tertiary alicyclic amines) is 1. The first kappa shape index (κ1) is 17.9. The van der Waals surface area contributed by atoms with Crippen LogP contribution in [0.1, 0.15) is 44.1 Å². The van der Waals surface area contributed by atoms with E-state index < -0.39 is 0 Å². The molecule has 5 heteroatoms. The molecule has 4 nitrogen and oxygen atoms in total. The molecule has 3 rings (SSSR count). The number of hydrogen-bond donors (Lipinski definition) is 0. The molecule has 2 fully saturated rings. The zero-order valence-corrected chi connectivity index (χ0v) is 15.7. The Morgan fingerprint density at radius 2 is 1.88 bits per heavy atom. The van der Waals surface area contributed by atoms with Gasteiger partial charge in [-0.05, 0) is 56.2 Å². The van der Waals surface area contributed by atoms with Gasteiger partial charge in [0.2, 0.25) is 5.91 Å². The fourth-order valence-electron chi connectivity index (χ4n) is 3.55. The van der Waals surface area contributed by atoms with Gasteiger partial charge in [0.15, 0.2) is 6.29 Å². The minimum Gasteiger partial charge on any atom is -0.348 e. The van der Waals surface area contributed by atoms with Crippen LogP contribution < -0.4 is 0 Å². The molecule has 2 aliphatic rings. The summed E-state index contributed by atoms with van der Waals surface area (Å²) in [6, 6.07) is 8.53. The monoisotopic (exact) mass is 395 g/mol. The summed E-state index contributed by atoms with van der Waals surface area (Å²) in [5.74, 6) is 0.259. The summed E-state index contributed by atoms with van der Waals surface area (Å²) in [4.78, 5) is 14.6. The van der Waals surface area contributed by atoms with Gasteiger partial charge in [-0.2, -0.15) is 0 Å². The Balaban J connectivity index is 1.43. The van der Waals surface area contributed by atoms with Crippen molar-refractivity contribution >= 4 is 21.8 Å². The Morgan fingerprint density at radius 3 is 2.62 bits per heavy atom. The number of carbonyl (C=O) groups excluding carboxylic acids is 1. The highest BCUT2D eigenvalue weighted by molar-refractivity contribution is 9.10. The molecule has 0 spiro atoms. The first-order valence-electron chi connectivity index (χ1n) is 9.01. The summed E-state index contributed by atoms with van der Waals surface area (Å²) in [5.41, 5.74) is 1.33. The lowest BCUT2D eigenvalue weighted by Gasteiger charge is -2.38. The molecule has 1 aromatic rings. The van der Waals surface area contributed by atoms with Crippen LogP contribution in [-0.2, 0) is 20.7 Å². The van der Waals surface area contributed by atoms with Crippen molar-refractivity contribution in [2.75, 3.05) is 19.8 Å². The minimum atomic E-state index is -0.211. The number of unbranched alkanes of at least 4 members (excludes halogenated alkanes) is 1. The lowest BCUT2D eigenvalue weighted by molar-refractivity contribution is -0.150. The quantitative estimate of drug-likeness (QED) is 0.685. The molecule has 1 aromatic carbocycles. The molecule has 132 valence electrons. The van der Waals surface area contributed by atoms with Crippen molar-refractivity contribution in [2.45, 2.75) is 57.3 Å². The maximum Gasteiger partial charge on any atom is 0.222 e. The molecule has 2 aliphatic heterocycles. The first-order chi connectivity index (χ1) is 11.7. The van der Waals surface area contributed by atoms with E-state index >= 15 is 0 Å². The molecule has 0 aliphatic carbocycles. The van der Waals surface area contributed by atoms with E-state index in [2.05, 4.69) is 40.2 Å². The standard InChI is InChI=1S/C19H26BrNO3/c20-16-10-8-15(9-11-16)5-1-2-7-18(22)21-12-4-3-6-17(21)19-23-13-14-24-19/h8-11,17,19H,1-7,12-14H2. The molecule has 1 unspecified atom stereocenters. The average molecular weight is 396 g/mol. The van der Waals surface area contributed by atoms with Gasteiger partial charge >= 0.3 is 0 Å². The van der Waals surface area contributed by atoms with E-state index in [1.807, 2.05) is 4.90 Å². The second kappa shape index (κ2) is 8.97. The summed E-state index contributed by atoms with van der Waals surface area (Å²) in [6.45, 7) is 2.15. The molecular formula is C19H26BrNO3. The van der Waals surface area contributed by atoms with E-state index in [0.717, 1.165) is 49.5 Å². The molecular weight excluding hydrogens is 370 g/mol. The summed E-state index contributed by atoms with van der Waals surface area (Å²) in [5, 5.41) is 0. The number of hydrogen-bond acceptors (Lipinski definition) is 3. The third-order valence-electron chi connectivity index (χ3n) is 4.85. The predicted octanol–water partition coefficient (Wildman–Crippen LogP) is 3.92. The van der Waals surface area contributed by atoms with Gasteiger partial charge in [-0.25, -0.2) is 0 Å². The zero-order chi connectivity index (χ0) is 16.8. The largest absolute Gasteiger partial charge is 0.348 e. The molecule has 2 heterocycles. The van der Waals surface area contributed by atoms with Gasteiger partial charge in [-0.3, -0.25) is 4.79 Å². The van der Waals surface area contributed by atoms with E-state index in [1.54, 1.807) is 0 Å². The number of piperidine rings is 1. The third kappa shape index (κ3) is 4.80. The van der Waals surface area contributed by atoms with Crippen molar-refractivity contribution in [1.29, 1.82) is 0 Å². The van der Waals surface area contributed by atoms with Crippen molar-refractivity contribution in [3.05, 3.63) is 34.3 Å². The second-order valence-electron chi connectivity index (χ2n) is 6.59. The summed E-state index contributed by atoms with van der Waals surface area (Å²) in [7, 11) is 0. The van der Waals surface area contributed by atoms with Crippen LogP contribution >= 0.6 is 15.9 Å². The fourth-order valence-corrected chi connectivity index (χ4v) is 3.81. The number of nitrogens with zero attached hydrogens (tertiary/aromatic N) is 1. The number of halogens is 1. The van der Waals surface area contributed by atoms with Gasteiger partial charge < -0.3 is 14.4 Å². The number of rotatable bonds is 6. The Labute approximate surface area is 152 Å². The highest BCUT2D eigenvalue weighted by atomic mass is 79.9. The molecule has 24 heavy (non-hydrogen) atoms. The maximum absolute atomic E-state index is 12.6. The predicted molar refractivity (Wildman–Crippen MR) is 96.7 cm³/mol. The number of aryl methyl sites for hydroxylation is 1. The maximum atomic E-state index is 12.6. The topological polar surface area (TPSA) is 38.8 Å². The van der Waals surface area contributed by atoms with E-state index in [1.165, 1.54) is 5.56 Å². The van der Waals surface area contributed by atoms with Gasteiger partial charge in [0.1, 0.15) is 0 Å². The highest BCUT2D eigenvalue weighted by Gasteiger charge is 2.35. The van der Waals surface area contributed by atoms with Crippen LogP contribution in [0.2, 0.25) is 0 Å². The lowest BCUT2D eigenvalue weighted by atomic mass is 10.00. The highest BCUT2D eigenvalue weighted by Crippen LogP contribution is 2.25. The normalized spacial score (nSPS) is 22.0. The molecule has 0 bridgehead atoms. The molecule has 0 radical (unpaired) electrons. The van der Waals surface area contributed by atoms with Crippen LogP contribution in [0.5, 0.6) is 0 Å². The average Bonchev–Trinajstić information content (AvgIpc) is 3.14. The Morgan fingerprint density at radius 1 is 1.12 bits per heavy atom. The van der Waals surface area contributed by atoms with Crippen LogP contribution in [0.3, 0.4) is 0 Å². The zero-order valence-electron chi connectivity index (χ0n) is 14.1. The molecule has 0 saturated carbocycles. The number of carbonyl (C=O) groups is 1. The Hall–Kier alpha value is -0.910. The summed E-state index contributed by atoms with van der Waals surface area (Å²) < 4.78 is 12.4. The molecule has 1 atom stereocenters. The van der Waals surface area contributed by atoms with Crippen molar-refractivity contribution < 1.29 is 14.3 Å². The van der Waals surface area contributed by atoms with Crippen LogP contribution in [0, 0.1) is 0 Å². The van der Waals surface area contributed by atoms with Crippen molar-refractivity contribution in [3.63, 3.8) is 0 Å². The molecule has 0 N–H and O–H groups in total. The van der Waals surface area contributed by atoms with E-state index in [0.29, 0.717) is 19.6 Å². The van der Waals surface area contributed by atoms with Crippen LogP contribution in [0.15, 0.2) is 28.7 Å². The van der Waals surface area contributed by atoms with Crippen molar-refractivity contribution in [2.24, 2.45) is 0 Å². The summed E-state index contributed by atoms with van der Waals surface area (Å²) in [6.07, 6.45) is 6.66. The minimum absolute atomic E-state index is 0.111. The van der Waals surface area contributed by atoms with E-state index in [9.17, 15) is 4.79 Å². The van der Waals surface area contributed by atoms with E-state index in [-0.39, 0.29) is 18.2 Å². The van der Waals surface area contributed by atoms with Crippen LogP contribution in [-0.4, -0.2) is 42.9 Å². The fraction of sp³-hybridized carbons (Fsp3) is 0.632. The molecule has 2 saturated heterocycles. The molecule has 1 amide bonds. The van der Waals surface area contributed by atoms with E-state index in [4.69, 9.17) is 9.47 Å². The van der Waals surface area contributed by atoms with Gasteiger partial charge in [0.05, 0.1) is 19.3 Å². The van der Waals surface area contributed by atoms with Gasteiger partial charge in [-0.15, -0.1) is 0 Å². The Kier molecular flexibility index (Phi) is 6.69. The molecule has 0 aromatic heterocycles. The smallest absolute Gasteiger partial charge is 0.222 e. The van der Waals surface area contributed by atoms with Crippen LogP contribution in [0.25, 0.3) is 0 Å². The van der Waals surface area contributed by atoms with Gasteiger partial charge in [-0.1, -0.05) is 28.1 Å². The summed E-state index contributed by atoms with van der Waals surface area (Å²) >= 11 is 3.45. The number of amides is 1. The van der Waals surface area contributed by atoms with Crippen LogP contribution in [0.4, 0.5) is 0 Å². The second-order valence-corrected chi connectivity index (χ2v) is 7.51. The van der Waals surface area contributed by atoms with Gasteiger partial charge in [0, 0.05) is 17.4 Å². The number of benzene rings is 1. The lowest BCUT2D eigenvalue weighted by Crippen LogP contribution is -2.50.